The highest BCUT2D eigenvalue weighted by atomic mass is 19.1. The monoisotopic (exact) mass is 248 g/mol. The highest BCUT2D eigenvalue weighted by Gasteiger charge is 2.28. The zero-order valence-corrected chi connectivity index (χ0v) is 11.2. The van der Waals surface area contributed by atoms with Crippen molar-refractivity contribution in [2.75, 3.05) is 0 Å². The van der Waals surface area contributed by atoms with Gasteiger partial charge in [-0.15, -0.1) is 0 Å². The minimum absolute atomic E-state index is 0.00866. The quantitative estimate of drug-likeness (QED) is 0.718. The number of hydrogen-bond acceptors (Lipinski definition) is 1. The Labute approximate surface area is 108 Å². The van der Waals surface area contributed by atoms with E-state index in [-0.39, 0.29) is 23.1 Å². The number of Topliss-reactive ketones (excluding diaryl/α,β-unsaturated/α-hetero) is 1. The maximum absolute atomic E-state index is 14.0. The van der Waals surface area contributed by atoms with Crippen molar-refractivity contribution in [3.8, 4) is 0 Å². The van der Waals surface area contributed by atoms with Gasteiger partial charge in [0, 0.05) is 5.92 Å². The van der Waals surface area contributed by atoms with Gasteiger partial charge in [-0.2, -0.15) is 0 Å². The van der Waals surface area contributed by atoms with E-state index in [4.69, 9.17) is 0 Å². The van der Waals surface area contributed by atoms with Crippen molar-refractivity contribution >= 4 is 5.78 Å². The molecule has 0 bridgehead atoms. The number of carbonyl (C=O) groups excluding carboxylic acids is 1. The molecule has 98 valence electrons. The Bertz CT molecular complexity index is 439. The highest BCUT2D eigenvalue weighted by Crippen LogP contribution is 2.33. The summed E-state index contributed by atoms with van der Waals surface area (Å²) in [4.78, 5) is 12.4. The summed E-state index contributed by atoms with van der Waals surface area (Å²) in [5.74, 6) is 0.344. The first-order valence-electron chi connectivity index (χ1n) is 6.92. The van der Waals surface area contributed by atoms with Crippen LogP contribution >= 0.6 is 0 Å². The Morgan fingerprint density at radius 2 is 2.17 bits per heavy atom. The molecule has 0 amide bonds. The van der Waals surface area contributed by atoms with Gasteiger partial charge in [-0.25, -0.2) is 4.39 Å². The average molecular weight is 248 g/mol. The fraction of sp³-hybridized carbons (Fsp3) is 0.562. The van der Waals surface area contributed by atoms with E-state index in [1.54, 1.807) is 25.1 Å². The van der Waals surface area contributed by atoms with Gasteiger partial charge in [0.05, 0.1) is 5.56 Å². The topological polar surface area (TPSA) is 17.1 Å². The van der Waals surface area contributed by atoms with E-state index in [1.807, 2.05) is 0 Å². The summed E-state index contributed by atoms with van der Waals surface area (Å²) in [6, 6.07) is 5.10. The number of ketones is 1. The predicted molar refractivity (Wildman–Crippen MR) is 71.2 cm³/mol. The summed E-state index contributed by atoms with van der Waals surface area (Å²) in [6.07, 6.45) is 5.30. The van der Waals surface area contributed by atoms with E-state index >= 15 is 0 Å². The largest absolute Gasteiger partial charge is 0.294 e. The first-order valence-corrected chi connectivity index (χ1v) is 6.92. The molecule has 1 aromatic rings. The Morgan fingerprint density at radius 3 is 2.89 bits per heavy atom. The Morgan fingerprint density at radius 1 is 1.39 bits per heavy atom. The lowest BCUT2D eigenvalue weighted by molar-refractivity contribution is 0.0857. The third kappa shape index (κ3) is 2.63. The van der Waals surface area contributed by atoms with Gasteiger partial charge in [-0.3, -0.25) is 4.79 Å². The fourth-order valence-corrected chi connectivity index (χ4v) is 2.96. The van der Waals surface area contributed by atoms with Crippen molar-refractivity contribution in [3.63, 3.8) is 0 Å². The second-order valence-electron chi connectivity index (χ2n) is 5.44. The molecule has 2 unspecified atom stereocenters. The molecule has 0 saturated heterocycles. The number of carbonyl (C=O) groups is 1. The van der Waals surface area contributed by atoms with Crippen LogP contribution in [-0.4, -0.2) is 5.78 Å². The van der Waals surface area contributed by atoms with Crippen molar-refractivity contribution in [1.29, 1.82) is 0 Å². The maximum atomic E-state index is 14.0. The van der Waals surface area contributed by atoms with E-state index in [0.29, 0.717) is 11.5 Å². The number of hydrogen-bond donors (Lipinski definition) is 0. The third-order valence-corrected chi connectivity index (χ3v) is 4.19. The molecule has 1 aromatic carbocycles. The van der Waals surface area contributed by atoms with Crippen LogP contribution in [0.15, 0.2) is 18.2 Å². The van der Waals surface area contributed by atoms with Gasteiger partial charge in [0.2, 0.25) is 0 Å². The molecule has 1 fully saturated rings. The zero-order valence-electron chi connectivity index (χ0n) is 11.2. The maximum Gasteiger partial charge on any atom is 0.168 e. The second-order valence-corrected chi connectivity index (χ2v) is 5.44. The number of rotatable bonds is 3. The van der Waals surface area contributed by atoms with Crippen LogP contribution in [0.1, 0.15) is 54.9 Å². The molecule has 1 aliphatic carbocycles. The van der Waals surface area contributed by atoms with Crippen molar-refractivity contribution in [3.05, 3.63) is 35.1 Å². The normalized spacial score (nSPS) is 23.9. The molecule has 2 heteroatoms. The molecule has 0 aliphatic heterocycles. The minimum Gasteiger partial charge on any atom is -0.294 e. The summed E-state index contributed by atoms with van der Waals surface area (Å²) in [5, 5.41) is 0. The summed E-state index contributed by atoms with van der Waals surface area (Å²) in [6.45, 7) is 3.88. The summed E-state index contributed by atoms with van der Waals surface area (Å²) >= 11 is 0. The van der Waals surface area contributed by atoms with Crippen LogP contribution in [0.5, 0.6) is 0 Å². The summed E-state index contributed by atoms with van der Waals surface area (Å²) in [7, 11) is 0. The Hall–Kier alpha value is -1.18. The molecule has 0 radical (unpaired) electrons. The lowest BCUT2D eigenvalue weighted by Crippen LogP contribution is -2.23. The highest BCUT2D eigenvalue weighted by molar-refractivity contribution is 5.98. The number of halogens is 1. The first kappa shape index (κ1) is 13.3. The van der Waals surface area contributed by atoms with Crippen LogP contribution in [0.3, 0.4) is 0 Å². The molecule has 1 saturated carbocycles. The van der Waals surface area contributed by atoms with Crippen molar-refractivity contribution in [2.24, 2.45) is 11.8 Å². The molecule has 0 heterocycles. The van der Waals surface area contributed by atoms with E-state index in [2.05, 4.69) is 6.92 Å². The molecule has 0 aromatic heterocycles. The zero-order chi connectivity index (χ0) is 13.1. The van der Waals surface area contributed by atoms with Crippen LogP contribution in [0.25, 0.3) is 0 Å². The smallest absolute Gasteiger partial charge is 0.168 e. The standard InChI is InChI=1S/C16H21FO/c1-3-12-7-5-8-13(10-12)16(18)14-9-4-6-11(2)15(14)17/h4,6,9,12-13H,3,5,7-8,10H2,1-2H3. The van der Waals surface area contributed by atoms with Crippen molar-refractivity contribution in [1.82, 2.24) is 0 Å². The van der Waals surface area contributed by atoms with Gasteiger partial charge < -0.3 is 0 Å². The van der Waals surface area contributed by atoms with E-state index in [0.717, 1.165) is 25.7 Å². The van der Waals surface area contributed by atoms with Gasteiger partial charge in [0.1, 0.15) is 5.82 Å². The second kappa shape index (κ2) is 5.64. The van der Waals surface area contributed by atoms with E-state index in [9.17, 15) is 9.18 Å². The molecule has 1 aliphatic rings. The first-order chi connectivity index (χ1) is 8.63. The third-order valence-electron chi connectivity index (χ3n) is 4.19. The van der Waals surface area contributed by atoms with E-state index < -0.39 is 0 Å². The van der Waals surface area contributed by atoms with Gasteiger partial charge in [-0.05, 0) is 37.3 Å². The Kier molecular flexibility index (Phi) is 4.15. The van der Waals surface area contributed by atoms with E-state index in [1.165, 1.54) is 6.42 Å². The van der Waals surface area contributed by atoms with Gasteiger partial charge in [0.15, 0.2) is 5.78 Å². The predicted octanol–water partition coefficient (Wildman–Crippen LogP) is 4.53. The molecule has 2 atom stereocenters. The molecule has 1 nitrogen and oxygen atoms in total. The van der Waals surface area contributed by atoms with Crippen LogP contribution < -0.4 is 0 Å². The van der Waals surface area contributed by atoms with Crippen molar-refractivity contribution in [2.45, 2.75) is 46.0 Å². The summed E-state index contributed by atoms with van der Waals surface area (Å²) in [5.41, 5.74) is 0.848. The summed E-state index contributed by atoms with van der Waals surface area (Å²) < 4.78 is 14.0. The molecule has 18 heavy (non-hydrogen) atoms. The van der Waals surface area contributed by atoms with Gasteiger partial charge in [-0.1, -0.05) is 38.3 Å². The molecular formula is C16H21FO. The van der Waals surface area contributed by atoms with Crippen LogP contribution in [-0.2, 0) is 0 Å². The van der Waals surface area contributed by atoms with Crippen LogP contribution in [0.4, 0.5) is 4.39 Å². The number of aryl methyl sites for hydroxylation is 1. The SMILES string of the molecule is CCC1CCCC(C(=O)c2cccc(C)c2F)C1. The van der Waals surface area contributed by atoms with Crippen LogP contribution in [0, 0.1) is 24.6 Å². The average Bonchev–Trinajstić information content (AvgIpc) is 2.41. The molecule has 2 rings (SSSR count). The van der Waals surface area contributed by atoms with Crippen molar-refractivity contribution < 1.29 is 9.18 Å². The fourth-order valence-electron chi connectivity index (χ4n) is 2.96. The van der Waals surface area contributed by atoms with Crippen LogP contribution in [0.2, 0.25) is 0 Å². The van der Waals surface area contributed by atoms with Gasteiger partial charge >= 0.3 is 0 Å². The lowest BCUT2D eigenvalue weighted by atomic mass is 9.77. The molecule has 0 spiro atoms. The minimum atomic E-state index is -0.332. The Balaban J connectivity index is 2.18. The molecular weight excluding hydrogens is 227 g/mol. The molecule has 0 N–H and O–H groups in total. The van der Waals surface area contributed by atoms with Gasteiger partial charge in [0.25, 0.3) is 0 Å². The number of benzene rings is 1. The lowest BCUT2D eigenvalue weighted by Gasteiger charge is -2.27.